The average Bonchev–Trinajstić information content (AvgIpc) is 2.29. The Morgan fingerprint density at radius 1 is 0.938 bits per heavy atom. The summed E-state index contributed by atoms with van der Waals surface area (Å²) >= 11 is 0. The first kappa shape index (κ1) is 13.7. The van der Waals surface area contributed by atoms with E-state index >= 15 is 0 Å². The van der Waals surface area contributed by atoms with Crippen molar-refractivity contribution in [2.45, 2.75) is 42.9 Å². The topological polar surface area (TPSA) is 151 Å². The molecule has 0 spiro atoms. The van der Waals surface area contributed by atoms with E-state index < -0.39 is 49.5 Å². The standard InChI is InChI=1S/C8H16O8/c9-1-2(10)3(11)7-5(13)4(12)6(14)8(15)16-7/h2-15H,1H2/t2?,3?,4-,5+,6+,7+,8?/m0/s1. The highest BCUT2D eigenvalue weighted by Crippen LogP contribution is 2.23. The van der Waals surface area contributed by atoms with E-state index in [0.29, 0.717) is 0 Å². The van der Waals surface area contributed by atoms with Crippen LogP contribution in [0.5, 0.6) is 0 Å². The second-order valence-electron chi connectivity index (χ2n) is 3.70. The van der Waals surface area contributed by atoms with E-state index in [4.69, 9.17) is 20.4 Å². The molecule has 1 saturated heterocycles. The Labute approximate surface area is 91.0 Å². The van der Waals surface area contributed by atoms with Gasteiger partial charge in [-0.05, 0) is 0 Å². The smallest absolute Gasteiger partial charge is 0.184 e. The van der Waals surface area contributed by atoms with Crippen molar-refractivity contribution in [1.82, 2.24) is 0 Å². The maximum absolute atomic E-state index is 9.44. The van der Waals surface area contributed by atoms with Gasteiger partial charge in [-0.1, -0.05) is 0 Å². The third-order valence-electron chi connectivity index (χ3n) is 2.54. The van der Waals surface area contributed by atoms with E-state index in [1.54, 1.807) is 0 Å². The molecule has 1 heterocycles. The zero-order valence-electron chi connectivity index (χ0n) is 8.29. The zero-order valence-corrected chi connectivity index (χ0v) is 8.29. The van der Waals surface area contributed by atoms with Crippen molar-refractivity contribution in [2.75, 3.05) is 6.61 Å². The van der Waals surface area contributed by atoms with Gasteiger partial charge in [-0.15, -0.1) is 0 Å². The molecule has 7 N–H and O–H groups in total. The van der Waals surface area contributed by atoms with Gasteiger partial charge in [0.2, 0.25) is 0 Å². The Morgan fingerprint density at radius 3 is 2.00 bits per heavy atom. The molecule has 0 amide bonds. The summed E-state index contributed by atoms with van der Waals surface area (Å²) in [5.74, 6) is 0. The normalized spacial score (nSPS) is 44.1. The predicted octanol–water partition coefficient (Wildman–Crippen LogP) is -4.50. The number of hydrogen-bond acceptors (Lipinski definition) is 8. The first-order chi connectivity index (χ1) is 7.40. The van der Waals surface area contributed by atoms with Crippen molar-refractivity contribution in [1.29, 1.82) is 0 Å². The molecule has 16 heavy (non-hydrogen) atoms. The molecule has 0 aromatic carbocycles. The third kappa shape index (κ3) is 2.50. The Hall–Kier alpha value is -0.320. The Kier molecular flexibility index (Phi) is 4.59. The maximum atomic E-state index is 9.44. The van der Waals surface area contributed by atoms with Crippen LogP contribution in [0.1, 0.15) is 0 Å². The van der Waals surface area contributed by atoms with Gasteiger partial charge in [0.15, 0.2) is 6.29 Å². The van der Waals surface area contributed by atoms with Gasteiger partial charge in [0.25, 0.3) is 0 Å². The predicted molar refractivity (Wildman–Crippen MR) is 48.0 cm³/mol. The van der Waals surface area contributed by atoms with Crippen molar-refractivity contribution in [3.8, 4) is 0 Å². The highest BCUT2D eigenvalue weighted by atomic mass is 16.6. The van der Waals surface area contributed by atoms with E-state index in [1.807, 2.05) is 0 Å². The highest BCUT2D eigenvalue weighted by Gasteiger charge is 2.47. The van der Waals surface area contributed by atoms with Gasteiger partial charge >= 0.3 is 0 Å². The van der Waals surface area contributed by atoms with Crippen LogP contribution in [-0.4, -0.2) is 85.3 Å². The van der Waals surface area contributed by atoms with Gasteiger partial charge in [-0.3, -0.25) is 0 Å². The number of aliphatic hydroxyl groups excluding tert-OH is 7. The Bertz CT molecular complexity index is 220. The number of ether oxygens (including phenoxy) is 1. The van der Waals surface area contributed by atoms with Gasteiger partial charge in [-0.25, -0.2) is 0 Å². The van der Waals surface area contributed by atoms with Gasteiger partial charge in [0.05, 0.1) is 6.61 Å². The van der Waals surface area contributed by atoms with Crippen LogP contribution in [0.3, 0.4) is 0 Å². The molecular weight excluding hydrogens is 224 g/mol. The summed E-state index contributed by atoms with van der Waals surface area (Å²) in [6, 6.07) is 0. The fourth-order valence-electron chi connectivity index (χ4n) is 1.50. The molecule has 1 aliphatic heterocycles. The van der Waals surface area contributed by atoms with Crippen LogP contribution < -0.4 is 0 Å². The van der Waals surface area contributed by atoms with Crippen LogP contribution in [0.4, 0.5) is 0 Å². The third-order valence-corrected chi connectivity index (χ3v) is 2.54. The number of hydrogen-bond donors (Lipinski definition) is 7. The van der Waals surface area contributed by atoms with E-state index in [2.05, 4.69) is 4.74 Å². The molecular formula is C8H16O8. The minimum atomic E-state index is -1.79. The molecule has 0 aliphatic carbocycles. The monoisotopic (exact) mass is 240 g/mol. The molecule has 1 fully saturated rings. The highest BCUT2D eigenvalue weighted by molar-refractivity contribution is 4.93. The maximum Gasteiger partial charge on any atom is 0.184 e. The molecule has 8 heteroatoms. The first-order valence-electron chi connectivity index (χ1n) is 4.75. The lowest BCUT2D eigenvalue weighted by molar-refractivity contribution is -0.303. The van der Waals surface area contributed by atoms with E-state index in [-0.39, 0.29) is 0 Å². The summed E-state index contributed by atoms with van der Waals surface area (Å²) in [4.78, 5) is 0. The molecule has 1 rings (SSSR count). The summed E-state index contributed by atoms with van der Waals surface area (Å²) < 4.78 is 4.64. The second-order valence-corrected chi connectivity index (χ2v) is 3.70. The lowest BCUT2D eigenvalue weighted by Gasteiger charge is -2.40. The van der Waals surface area contributed by atoms with Gasteiger partial charge in [0, 0.05) is 0 Å². The summed E-state index contributed by atoms with van der Waals surface area (Å²) in [5.41, 5.74) is 0. The second kappa shape index (κ2) is 5.34. The molecule has 96 valence electrons. The summed E-state index contributed by atoms with van der Waals surface area (Å²) in [6.07, 6.45) is -11.7. The lowest BCUT2D eigenvalue weighted by Crippen LogP contribution is -2.62. The van der Waals surface area contributed by atoms with Crippen LogP contribution in [0.2, 0.25) is 0 Å². The summed E-state index contributed by atoms with van der Waals surface area (Å²) in [5, 5.41) is 64.1. The van der Waals surface area contributed by atoms with Crippen molar-refractivity contribution in [3.05, 3.63) is 0 Å². The fraction of sp³-hybridized carbons (Fsp3) is 1.00. The molecule has 0 aromatic rings. The van der Waals surface area contributed by atoms with Crippen molar-refractivity contribution < 1.29 is 40.5 Å². The van der Waals surface area contributed by atoms with Crippen molar-refractivity contribution in [2.24, 2.45) is 0 Å². The van der Waals surface area contributed by atoms with Crippen molar-refractivity contribution >= 4 is 0 Å². The molecule has 1 aliphatic rings. The summed E-state index contributed by atoms with van der Waals surface area (Å²) in [7, 11) is 0. The minimum Gasteiger partial charge on any atom is -0.394 e. The van der Waals surface area contributed by atoms with E-state index in [0.717, 1.165) is 0 Å². The van der Waals surface area contributed by atoms with E-state index in [1.165, 1.54) is 0 Å². The number of aliphatic hydroxyl groups is 7. The van der Waals surface area contributed by atoms with Gasteiger partial charge < -0.3 is 40.5 Å². The first-order valence-corrected chi connectivity index (χ1v) is 4.75. The van der Waals surface area contributed by atoms with Crippen LogP contribution in [0.25, 0.3) is 0 Å². The zero-order chi connectivity index (χ0) is 12.5. The Balaban J connectivity index is 2.73. The molecule has 7 atom stereocenters. The van der Waals surface area contributed by atoms with Crippen molar-refractivity contribution in [3.63, 3.8) is 0 Å². The number of rotatable bonds is 3. The van der Waals surface area contributed by atoms with Crippen LogP contribution in [-0.2, 0) is 4.74 Å². The average molecular weight is 240 g/mol. The quantitative estimate of drug-likeness (QED) is 0.261. The van der Waals surface area contributed by atoms with Gasteiger partial charge in [-0.2, -0.15) is 0 Å². The Morgan fingerprint density at radius 2 is 1.50 bits per heavy atom. The van der Waals surface area contributed by atoms with Crippen LogP contribution in [0, 0.1) is 0 Å². The molecule has 8 nitrogen and oxygen atoms in total. The molecule has 3 unspecified atom stereocenters. The van der Waals surface area contributed by atoms with E-state index in [9.17, 15) is 15.3 Å². The molecule has 0 saturated carbocycles. The van der Waals surface area contributed by atoms with Crippen LogP contribution >= 0.6 is 0 Å². The summed E-state index contributed by atoms with van der Waals surface area (Å²) in [6.45, 7) is -0.775. The molecule has 0 aromatic heterocycles. The molecule has 0 bridgehead atoms. The fourth-order valence-corrected chi connectivity index (χ4v) is 1.50. The van der Waals surface area contributed by atoms with Gasteiger partial charge in [0.1, 0.15) is 36.6 Å². The SMILES string of the molecule is OCC(O)C(O)[C@H]1OC(O)[C@H](O)[C@@H](O)[C@H]1O. The molecule has 0 radical (unpaired) electrons. The lowest BCUT2D eigenvalue weighted by atomic mass is 9.93. The van der Waals surface area contributed by atoms with Crippen LogP contribution in [0.15, 0.2) is 0 Å². The minimum absolute atomic E-state index is 0.775. The largest absolute Gasteiger partial charge is 0.394 e.